The fourth-order valence-electron chi connectivity index (χ4n) is 0.749. The van der Waals surface area contributed by atoms with Crippen molar-refractivity contribution in [2.75, 3.05) is 6.61 Å². The van der Waals surface area contributed by atoms with Gasteiger partial charge in [-0.15, -0.1) is 0 Å². The Morgan fingerprint density at radius 2 is 1.50 bits per heavy atom. The van der Waals surface area contributed by atoms with Crippen molar-refractivity contribution in [3.63, 3.8) is 0 Å². The molecule has 0 fully saturated rings. The van der Waals surface area contributed by atoms with E-state index in [1.54, 1.807) is 6.92 Å². The Labute approximate surface area is 142 Å². The van der Waals surface area contributed by atoms with Crippen molar-refractivity contribution in [3.8, 4) is 0 Å². The summed E-state index contributed by atoms with van der Waals surface area (Å²) in [5.41, 5.74) is -0.613. The molecule has 0 aliphatic carbocycles. The van der Waals surface area contributed by atoms with Crippen LogP contribution in [0.25, 0.3) is 0 Å². The van der Waals surface area contributed by atoms with E-state index in [4.69, 9.17) is 10.2 Å². The van der Waals surface area contributed by atoms with Crippen LogP contribution in [-0.4, -0.2) is 38.6 Å². The van der Waals surface area contributed by atoms with E-state index in [-0.39, 0.29) is 61.3 Å². The molecule has 0 saturated carbocycles. The van der Waals surface area contributed by atoms with Gasteiger partial charge in [0.25, 0.3) is 0 Å². The smallest absolute Gasteiger partial charge is 0.325 e. The minimum absolute atomic E-state index is 0. The third kappa shape index (κ3) is 14.4. The molecular formula is C15H31O4Zr+. The molecule has 0 aromatic rings. The van der Waals surface area contributed by atoms with Crippen LogP contribution >= 0.6 is 0 Å². The molecule has 0 aromatic heterocycles. The van der Waals surface area contributed by atoms with Crippen LogP contribution in [0.3, 0.4) is 0 Å². The zero-order valence-electron chi connectivity index (χ0n) is 13.9. The van der Waals surface area contributed by atoms with Gasteiger partial charge in [-0.25, -0.2) is 0 Å². The molecule has 0 saturated heterocycles. The van der Waals surface area contributed by atoms with E-state index < -0.39 is 0 Å². The molecule has 4 N–H and O–H groups in total. The molecule has 0 spiro atoms. The Kier molecular flexibility index (Phi) is 13.4. The number of ketones is 1. The number of hydrogen-bond acceptors (Lipinski definition) is 3. The minimum Gasteiger partial charge on any atom is -0.511 e. The van der Waals surface area contributed by atoms with Crippen LogP contribution in [0.4, 0.5) is 0 Å². The second-order valence-corrected chi connectivity index (χ2v) is 6.78. The summed E-state index contributed by atoms with van der Waals surface area (Å²) in [6.45, 7) is 13.1. The van der Waals surface area contributed by atoms with Gasteiger partial charge in [-0.05, 0) is 34.1 Å². The van der Waals surface area contributed by atoms with E-state index in [1.165, 1.54) is 6.08 Å². The number of carbonyl (C=O) groups excluding carboxylic acids is 1. The molecule has 0 radical (unpaired) electrons. The van der Waals surface area contributed by atoms with Crippen molar-refractivity contribution < 1.29 is 46.3 Å². The number of allylic oxidation sites excluding steroid dienone is 2. The first kappa shape index (κ1) is 25.0. The molecule has 1 unspecified atom stereocenters. The first-order chi connectivity index (χ1) is 8.32. The Morgan fingerprint density at radius 1 is 1.10 bits per heavy atom. The predicted molar refractivity (Wildman–Crippen MR) is 79.9 cm³/mol. The van der Waals surface area contributed by atoms with E-state index >= 15 is 0 Å². The minimum atomic E-state index is -0.352. The predicted octanol–water partition coefficient (Wildman–Crippen LogP) is 2.81. The van der Waals surface area contributed by atoms with Gasteiger partial charge >= 0.3 is 5.78 Å². The van der Waals surface area contributed by atoms with Crippen molar-refractivity contribution in [3.05, 3.63) is 11.8 Å². The monoisotopic (exact) mass is 365 g/mol. The van der Waals surface area contributed by atoms with Crippen molar-refractivity contribution in [2.45, 2.75) is 61.0 Å². The van der Waals surface area contributed by atoms with Gasteiger partial charge in [-0.1, -0.05) is 20.8 Å². The third-order valence-electron chi connectivity index (χ3n) is 2.36. The fourth-order valence-corrected chi connectivity index (χ4v) is 0.749. The third-order valence-corrected chi connectivity index (χ3v) is 2.36. The molecular weight excluding hydrogens is 335 g/mol. The molecule has 0 aromatic carbocycles. The average Bonchev–Trinajstić information content (AvgIpc) is 2.14. The zero-order valence-corrected chi connectivity index (χ0v) is 16.3. The molecule has 1 atom stereocenters. The van der Waals surface area contributed by atoms with Crippen LogP contribution in [0.15, 0.2) is 11.8 Å². The van der Waals surface area contributed by atoms with Gasteiger partial charge in [0.15, 0.2) is 0 Å². The summed E-state index contributed by atoms with van der Waals surface area (Å²) in [5.74, 6) is 0.417. The SMILES string of the molecule is CC(C)(C)C(=[OH+])/C=C(\O)C(C)(C)C.CC(O)CCO.[Zr]. The largest absolute Gasteiger partial charge is 0.511 e. The van der Waals surface area contributed by atoms with Crippen LogP contribution in [-0.2, 0) is 26.2 Å². The Hall–Kier alpha value is 0.0131. The quantitative estimate of drug-likeness (QED) is 0.408. The van der Waals surface area contributed by atoms with E-state index in [2.05, 4.69) is 0 Å². The van der Waals surface area contributed by atoms with Gasteiger partial charge in [-0.2, -0.15) is 0 Å². The maximum atomic E-state index is 9.60. The average molecular weight is 367 g/mol. The molecule has 118 valence electrons. The van der Waals surface area contributed by atoms with Gasteiger partial charge in [0.05, 0.1) is 17.6 Å². The van der Waals surface area contributed by atoms with Gasteiger partial charge in [0.2, 0.25) is 0 Å². The van der Waals surface area contributed by atoms with Gasteiger partial charge < -0.3 is 15.3 Å². The Morgan fingerprint density at radius 3 is 1.65 bits per heavy atom. The van der Waals surface area contributed by atoms with E-state index in [1.807, 2.05) is 41.5 Å². The first-order valence-electron chi connectivity index (χ1n) is 6.58. The summed E-state index contributed by atoms with van der Waals surface area (Å²) in [6, 6.07) is 0. The summed E-state index contributed by atoms with van der Waals surface area (Å²) in [6.07, 6.45) is 1.58. The molecule has 0 aliphatic heterocycles. The second-order valence-electron chi connectivity index (χ2n) is 6.78. The summed E-state index contributed by atoms with van der Waals surface area (Å²) in [4.78, 5) is 9.60. The number of aliphatic hydroxyl groups excluding tert-OH is 3. The number of aliphatic hydroxyl groups is 3. The maximum absolute atomic E-state index is 9.60. The van der Waals surface area contributed by atoms with Gasteiger partial charge in [0.1, 0.15) is 5.76 Å². The summed E-state index contributed by atoms with van der Waals surface area (Å²) in [7, 11) is 0. The molecule has 5 heteroatoms. The molecule has 0 aliphatic rings. The van der Waals surface area contributed by atoms with E-state index in [0.717, 1.165) is 0 Å². The topological polar surface area (TPSA) is 82.1 Å². The van der Waals surface area contributed by atoms with Crippen molar-refractivity contribution in [2.24, 2.45) is 10.8 Å². The molecule has 0 amide bonds. The molecule has 0 bridgehead atoms. The fraction of sp³-hybridized carbons (Fsp3) is 0.800. The maximum Gasteiger partial charge on any atom is 0.325 e. The van der Waals surface area contributed by atoms with E-state index in [0.29, 0.717) is 6.42 Å². The number of hydrogen-bond donors (Lipinski definition) is 3. The summed E-state index contributed by atoms with van der Waals surface area (Å²) >= 11 is 0. The Bertz CT molecular complexity index is 296. The van der Waals surface area contributed by atoms with Crippen LogP contribution in [0.5, 0.6) is 0 Å². The van der Waals surface area contributed by atoms with Crippen LogP contribution in [0.2, 0.25) is 0 Å². The molecule has 0 rings (SSSR count). The van der Waals surface area contributed by atoms with Crippen molar-refractivity contribution >= 4 is 5.78 Å². The van der Waals surface area contributed by atoms with Crippen LogP contribution < -0.4 is 0 Å². The summed E-state index contributed by atoms with van der Waals surface area (Å²) in [5, 5.41) is 26.1. The van der Waals surface area contributed by atoms with E-state index in [9.17, 15) is 9.90 Å². The Balaban J connectivity index is -0.000000352. The van der Waals surface area contributed by atoms with Crippen LogP contribution in [0, 0.1) is 10.8 Å². The zero-order chi connectivity index (χ0) is 15.9. The molecule has 0 heterocycles. The first-order valence-corrected chi connectivity index (χ1v) is 6.58. The number of rotatable bonds is 3. The standard InChI is InChI=1S/C11H20O2.C4H10O2.Zr/c1-10(2,3)8(12)7-9(13)11(4,5)6;1-4(6)2-3-5;/h7,12H,1-6H3;4-6H,2-3H2,1H3;/p+1/b8-7-;;. The second kappa shape index (κ2) is 10.7. The summed E-state index contributed by atoms with van der Waals surface area (Å²) < 4.78 is 0. The molecule has 4 nitrogen and oxygen atoms in total. The molecule has 20 heavy (non-hydrogen) atoms. The van der Waals surface area contributed by atoms with Crippen LogP contribution in [0.1, 0.15) is 54.9 Å². The van der Waals surface area contributed by atoms with Crippen molar-refractivity contribution in [1.29, 1.82) is 0 Å². The van der Waals surface area contributed by atoms with Gasteiger partial charge in [-0.3, -0.25) is 4.79 Å². The van der Waals surface area contributed by atoms with Crippen molar-refractivity contribution in [1.82, 2.24) is 0 Å². The van der Waals surface area contributed by atoms with Gasteiger partial charge in [0, 0.05) is 38.2 Å². The normalized spacial score (nSPS) is 13.8.